The van der Waals surface area contributed by atoms with Crippen molar-refractivity contribution >= 4 is 5.91 Å². The van der Waals surface area contributed by atoms with Gasteiger partial charge in [-0.05, 0) is 30.2 Å². The van der Waals surface area contributed by atoms with Crippen LogP contribution in [-0.4, -0.2) is 67.0 Å². The van der Waals surface area contributed by atoms with Gasteiger partial charge in [0.25, 0.3) is 0 Å². The quantitative estimate of drug-likeness (QED) is 0.717. The number of hydrogen-bond acceptors (Lipinski definition) is 4. The molecule has 0 N–H and O–H groups in total. The lowest BCUT2D eigenvalue weighted by Crippen LogP contribution is -2.53. The number of benzene rings is 2. The first-order valence-electron chi connectivity index (χ1n) is 10.1. The van der Waals surface area contributed by atoms with Gasteiger partial charge in [-0.2, -0.15) is 0 Å². The number of hydrogen-bond donors (Lipinski definition) is 0. The van der Waals surface area contributed by atoms with Crippen molar-refractivity contribution in [2.75, 3.05) is 40.3 Å². The summed E-state index contributed by atoms with van der Waals surface area (Å²) in [6.07, 6.45) is 0. The SMILES string of the molecule is COc1ccc(CN2CCN([C@@H](C)C(=O)N(C)Cc3ccccc3)CC2)cc1F. The van der Waals surface area contributed by atoms with E-state index in [4.69, 9.17) is 4.74 Å². The molecule has 0 spiro atoms. The highest BCUT2D eigenvalue weighted by Gasteiger charge is 2.27. The van der Waals surface area contributed by atoms with E-state index in [9.17, 15) is 9.18 Å². The van der Waals surface area contributed by atoms with Gasteiger partial charge in [0.1, 0.15) is 0 Å². The summed E-state index contributed by atoms with van der Waals surface area (Å²) < 4.78 is 18.9. The molecule has 1 saturated heterocycles. The van der Waals surface area contributed by atoms with E-state index in [1.54, 1.807) is 11.0 Å². The molecule has 1 amide bonds. The van der Waals surface area contributed by atoms with Crippen LogP contribution in [0.5, 0.6) is 5.75 Å². The van der Waals surface area contributed by atoms with Crippen molar-refractivity contribution in [2.24, 2.45) is 0 Å². The van der Waals surface area contributed by atoms with Crippen LogP contribution in [0.3, 0.4) is 0 Å². The molecule has 1 aliphatic rings. The number of likely N-dealkylation sites (N-methyl/N-ethyl adjacent to an activating group) is 1. The lowest BCUT2D eigenvalue weighted by molar-refractivity contribution is -0.136. The molecule has 1 heterocycles. The molecule has 3 rings (SSSR count). The Morgan fingerprint density at radius 1 is 1.10 bits per heavy atom. The van der Waals surface area contributed by atoms with Crippen molar-refractivity contribution in [1.29, 1.82) is 0 Å². The number of halogens is 1. The van der Waals surface area contributed by atoms with Crippen LogP contribution in [0.4, 0.5) is 4.39 Å². The molecule has 0 bridgehead atoms. The molecule has 6 heteroatoms. The van der Waals surface area contributed by atoms with Gasteiger partial charge in [0, 0.05) is 46.3 Å². The van der Waals surface area contributed by atoms with Crippen molar-refractivity contribution in [2.45, 2.75) is 26.1 Å². The molecule has 29 heavy (non-hydrogen) atoms. The van der Waals surface area contributed by atoms with Gasteiger partial charge >= 0.3 is 0 Å². The van der Waals surface area contributed by atoms with E-state index in [0.717, 1.165) is 37.3 Å². The number of rotatable bonds is 7. The minimum atomic E-state index is -0.329. The summed E-state index contributed by atoms with van der Waals surface area (Å²) in [5.41, 5.74) is 2.07. The van der Waals surface area contributed by atoms with E-state index in [0.29, 0.717) is 13.1 Å². The summed E-state index contributed by atoms with van der Waals surface area (Å²) >= 11 is 0. The standard InChI is InChI=1S/C23H30FN3O2/c1-18(23(28)25(2)16-19-7-5-4-6-8-19)27-13-11-26(12-14-27)17-20-9-10-22(29-3)21(24)15-20/h4-10,15,18H,11-14,16-17H2,1-3H3/t18-/m0/s1. The molecule has 2 aromatic rings. The largest absolute Gasteiger partial charge is 0.494 e. The Labute approximate surface area is 172 Å². The van der Waals surface area contributed by atoms with Gasteiger partial charge < -0.3 is 9.64 Å². The topological polar surface area (TPSA) is 36.0 Å². The molecule has 5 nitrogen and oxygen atoms in total. The van der Waals surface area contributed by atoms with Gasteiger partial charge in [0.15, 0.2) is 11.6 Å². The molecule has 1 aliphatic heterocycles. The number of nitrogens with zero attached hydrogens (tertiary/aromatic N) is 3. The van der Waals surface area contributed by atoms with E-state index < -0.39 is 0 Å². The van der Waals surface area contributed by atoms with Gasteiger partial charge in [-0.3, -0.25) is 14.6 Å². The molecule has 1 atom stereocenters. The number of piperazine rings is 1. The molecular weight excluding hydrogens is 369 g/mol. The number of carbonyl (C=O) groups is 1. The highest BCUT2D eigenvalue weighted by atomic mass is 19.1. The van der Waals surface area contributed by atoms with Crippen LogP contribution in [0.15, 0.2) is 48.5 Å². The van der Waals surface area contributed by atoms with E-state index >= 15 is 0 Å². The predicted molar refractivity (Wildman–Crippen MR) is 112 cm³/mol. The fourth-order valence-corrected chi connectivity index (χ4v) is 3.79. The van der Waals surface area contributed by atoms with Crippen LogP contribution in [0.1, 0.15) is 18.1 Å². The summed E-state index contributed by atoms with van der Waals surface area (Å²) in [5.74, 6) is 0.0781. The number of methoxy groups -OCH3 is 1. The van der Waals surface area contributed by atoms with E-state index in [-0.39, 0.29) is 23.5 Å². The Bertz CT molecular complexity index is 807. The summed E-state index contributed by atoms with van der Waals surface area (Å²) in [4.78, 5) is 19.2. The Hall–Kier alpha value is -2.44. The Balaban J connectivity index is 1.49. The summed E-state index contributed by atoms with van der Waals surface area (Å²) in [6.45, 7) is 6.66. The monoisotopic (exact) mass is 399 g/mol. The fraction of sp³-hybridized carbons (Fsp3) is 0.435. The van der Waals surface area contributed by atoms with Crippen molar-refractivity contribution in [3.63, 3.8) is 0 Å². The van der Waals surface area contributed by atoms with Crippen LogP contribution in [0.25, 0.3) is 0 Å². The smallest absolute Gasteiger partial charge is 0.239 e. The highest BCUT2D eigenvalue weighted by molar-refractivity contribution is 5.81. The normalized spacial score (nSPS) is 16.4. The van der Waals surface area contributed by atoms with Crippen molar-refractivity contribution < 1.29 is 13.9 Å². The Morgan fingerprint density at radius 2 is 1.79 bits per heavy atom. The minimum Gasteiger partial charge on any atom is -0.494 e. The summed E-state index contributed by atoms with van der Waals surface area (Å²) in [7, 11) is 3.33. The zero-order valence-electron chi connectivity index (χ0n) is 17.5. The summed E-state index contributed by atoms with van der Waals surface area (Å²) in [6, 6.07) is 15.0. The van der Waals surface area contributed by atoms with Gasteiger partial charge in [-0.25, -0.2) is 4.39 Å². The van der Waals surface area contributed by atoms with Crippen molar-refractivity contribution in [3.8, 4) is 5.75 Å². The third-order valence-electron chi connectivity index (χ3n) is 5.57. The number of carbonyl (C=O) groups excluding carboxylic acids is 1. The number of amides is 1. The van der Waals surface area contributed by atoms with E-state index in [2.05, 4.69) is 9.80 Å². The maximum absolute atomic E-state index is 13.9. The maximum atomic E-state index is 13.9. The first kappa shape index (κ1) is 21.3. The van der Waals surface area contributed by atoms with Crippen LogP contribution in [0.2, 0.25) is 0 Å². The van der Waals surface area contributed by atoms with Gasteiger partial charge in [0.2, 0.25) is 5.91 Å². The minimum absolute atomic E-state index is 0.138. The summed E-state index contributed by atoms with van der Waals surface area (Å²) in [5, 5.41) is 0. The second-order valence-corrected chi connectivity index (χ2v) is 7.64. The highest BCUT2D eigenvalue weighted by Crippen LogP contribution is 2.19. The second kappa shape index (κ2) is 9.85. The van der Waals surface area contributed by atoms with E-state index in [1.807, 2.05) is 50.4 Å². The van der Waals surface area contributed by atoms with Crippen LogP contribution >= 0.6 is 0 Å². The van der Waals surface area contributed by atoms with Crippen LogP contribution < -0.4 is 4.74 Å². The molecular formula is C23H30FN3O2. The zero-order chi connectivity index (χ0) is 20.8. The maximum Gasteiger partial charge on any atom is 0.239 e. The van der Waals surface area contributed by atoms with Gasteiger partial charge in [0.05, 0.1) is 13.2 Å². The first-order valence-corrected chi connectivity index (χ1v) is 10.1. The molecule has 0 aromatic heterocycles. The molecule has 0 radical (unpaired) electrons. The van der Waals surface area contributed by atoms with Crippen molar-refractivity contribution in [3.05, 3.63) is 65.5 Å². The van der Waals surface area contributed by atoms with Crippen LogP contribution in [-0.2, 0) is 17.9 Å². The molecule has 2 aromatic carbocycles. The zero-order valence-corrected chi connectivity index (χ0v) is 17.5. The fourth-order valence-electron chi connectivity index (χ4n) is 3.79. The lowest BCUT2D eigenvalue weighted by atomic mass is 10.1. The van der Waals surface area contributed by atoms with Gasteiger partial charge in [-0.15, -0.1) is 0 Å². The van der Waals surface area contributed by atoms with Gasteiger partial charge in [-0.1, -0.05) is 36.4 Å². The first-order chi connectivity index (χ1) is 14.0. The average molecular weight is 400 g/mol. The Kier molecular flexibility index (Phi) is 7.23. The predicted octanol–water partition coefficient (Wildman–Crippen LogP) is 3.00. The van der Waals surface area contributed by atoms with Crippen LogP contribution in [0, 0.1) is 5.82 Å². The molecule has 0 saturated carbocycles. The Morgan fingerprint density at radius 3 is 2.41 bits per heavy atom. The average Bonchev–Trinajstić information content (AvgIpc) is 2.74. The van der Waals surface area contributed by atoms with Crippen molar-refractivity contribution in [1.82, 2.24) is 14.7 Å². The third-order valence-corrected chi connectivity index (χ3v) is 5.57. The molecule has 156 valence electrons. The molecule has 0 unspecified atom stereocenters. The molecule has 1 fully saturated rings. The lowest BCUT2D eigenvalue weighted by Gasteiger charge is -2.38. The second-order valence-electron chi connectivity index (χ2n) is 7.64. The number of ether oxygens (including phenoxy) is 1. The third kappa shape index (κ3) is 5.55. The van der Waals surface area contributed by atoms with E-state index in [1.165, 1.54) is 13.2 Å². The molecule has 0 aliphatic carbocycles.